The highest BCUT2D eigenvalue weighted by Crippen LogP contribution is 2.13. The third kappa shape index (κ3) is 22.2. The number of imide groups is 1. The van der Waals surface area contributed by atoms with Crippen LogP contribution < -0.4 is 5.32 Å². The molecule has 2 N–H and O–H groups in total. The molecule has 0 rings (SSSR count). The van der Waals surface area contributed by atoms with Gasteiger partial charge in [0.2, 0.25) is 11.8 Å². The SMILES string of the molecule is CCCCCCCCCCCCCCC(=O)N(CCOCCOCCNC(=O)CCC=O)C(=O)O. The highest BCUT2D eigenvalue weighted by atomic mass is 16.5. The molecule has 0 heterocycles. The largest absolute Gasteiger partial charge is 0.465 e. The van der Waals surface area contributed by atoms with Crippen molar-refractivity contribution in [3.63, 3.8) is 0 Å². The summed E-state index contributed by atoms with van der Waals surface area (Å²) in [7, 11) is 0. The average Bonchev–Trinajstić information content (AvgIpc) is 2.84. The van der Waals surface area contributed by atoms with Crippen LogP contribution in [0.2, 0.25) is 0 Å². The van der Waals surface area contributed by atoms with Crippen molar-refractivity contribution >= 4 is 24.2 Å². The van der Waals surface area contributed by atoms with Crippen LogP contribution in [0.4, 0.5) is 4.79 Å². The Balaban J connectivity index is 3.65. The van der Waals surface area contributed by atoms with Crippen LogP contribution in [-0.2, 0) is 23.9 Å². The third-order valence-corrected chi connectivity index (χ3v) is 5.67. The van der Waals surface area contributed by atoms with Crippen LogP contribution >= 0.6 is 0 Å². The number of ether oxygens (including phenoxy) is 2. The van der Waals surface area contributed by atoms with E-state index in [0.29, 0.717) is 32.5 Å². The normalized spacial score (nSPS) is 10.8. The van der Waals surface area contributed by atoms with Gasteiger partial charge in [0.1, 0.15) is 6.29 Å². The van der Waals surface area contributed by atoms with Crippen LogP contribution in [0, 0.1) is 0 Å². The van der Waals surface area contributed by atoms with Gasteiger partial charge in [0.05, 0.1) is 33.0 Å². The van der Waals surface area contributed by atoms with Gasteiger partial charge < -0.3 is 24.7 Å². The lowest BCUT2D eigenvalue weighted by Crippen LogP contribution is -2.38. The Morgan fingerprint density at radius 2 is 1.31 bits per heavy atom. The smallest absolute Gasteiger partial charge is 0.414 e. The molecule has 0 atom stereocenters. The molecule has 0 saturated heterocycles. The van der Waals surface area contributed by atoms with E-state index in [4.69, 9.17) is 9.47 Å². The van der Waals surface area contributed by atoms with Gasteiger partial charge in [0.15, 0.2) is 0 Å². The Labute approximate surface area is 211 Å². The Hall–Kier alpha value is -2.00. The molecular weight excluding hydrogens is 452 g/mol. The number of rotatable bonds is 25. The van der Waals surface area contributed by atoms with Gasteiger partial charge in [-0.1, -0.05) is 77.6 Å². The third-order valence-electron chi connectivity index (χ3n) is 5.67. The van der Waals surface area contributed by atoms with E-state index < -0.39 is 6.09 Å². The first kappa shape index (κ1) is 33.0. The number of hydrogen-bond acceptors (Lipinski definition) is 6. The van der Waals surface area contributed by atoms with Gasteiger partial charge in [-0.2, -0.15) is 0 Å². The van der Waals surface area contributed by atoms with Gasteiger partial charge in [-0.05, 0) is 6.42 Å². The first-order chi connectivity index (χ1) is 17.0. The minimum Gasteiger partial charge on any atom is -0.465 e. The predicted molar refractivity (Wildman–Crippen MR) is 135 cm³/mol. The second-order valence-corrected chi connectivity index (χ2v) is 8.75. The molecule has 0 fully saturated rings. The standard InChI is InChI=1S/C26H48N2O7/c1-2-3-4-5-6-7-8-9-10-11-12-13-16-25(31)28(26(32)33)18-21-35-23-22-34-20-17-27-24(30)15-14-19-29/h19H,2-18,20-23H2,1H3,(H,27,30)(H,32,33). The number of unbranched alkanes of at least 4 members (excludes halogenated alkanes) is 11. The molecule has 0 aliphatic heterocycles. The molecule has 9 heteroatoms. The van der Waals surface area contributed by atoms with Crippen molar-refractivity contribution in [3.8, 4) is 0 Å². The Kier molecular flexibility index (Phi) is 23.7. The van der Waals surface area contributed by atoms with Crippen LogP contribution in [0.1, 0.15) is 103 Å². The molecule has 0 aliphatic carbocycles. The molecule has 0 aromatic heterocycles. The summed E-state index contributed by atoms with van der Waals surface area (Å²) in [6.07, 6.45) is 14.5. The fraction of sp³-hybridized carbons (Fsp3) is 0.846. The van der Waals surface area contributed by atoms with E-state index in [0.717, 1.165) is 17.7 Å². The molecule has 9 nitrogen and oxygen atoms in total. The Bertz CT molecular complexity index is 558. The van der Waals surface area contributed by atoms with Gasteiger partial charge in [-0.15, -0.1) is 0 Å². The summed E-state index contributed by atoms with van der Waals surface area (Å²) in [5, 5.41) is 11.9. The van der Waals surface area contributed by atoms with Crippen molar-refractivity contribution in [1.29, 1.82) is 0 Å². The maximum atomic E-state index is 12.2. The van der Waals surface area contributed by atoms with Crippen molar-refractivity contribution in [2.24, 2.45) is 0 Å². The zero-order valence-corrected chi connectivity index (χ0v) is 21.8. The quantitative estimate of drug-likeness (QED) is 0.137. The lowest BCUT2D eigenvalue weighted by atomic mass is 10.0. The van der Waals surface area contributed by atoms with E-state index in [1.165, 1.54) is 57.8 Å². The Morgan fingerprint density at radius 3 is 1.86 bits per heavy atom. The number of nitrogens with zero attached hydrogens (tertiary/aromatic N) is 1. The predicted octanol–water partition coefficient (Wildman–Crippen LogP) is 4.71. The van der Waals surface area contributed by atoms with Gasteiger partial charge in [0.25, 0.3) is 0 Å². The minimum atomic E-state index is -1.25. The summed E-state index contributed by atoms with van der Waals surface area (Å²) >= 11 is 0. The van der Waals surface area contributed by atoms with Crippen LogP contribution in [0.5, 0.6) is 0 Å². The summed E-state index contributed by atoms with van der Waals surface area (Å²) in [4.78, 5) is 45.9. The maximum Gasteiger partial charge on any atom is 0.414 e. The summed E-state index contributed by atoms with van der Waals surface area (Å²) in [5.41, 5.74) is 0. The minimum absolute atomic E-state index is 0.000782. The molecule has 204 valence electrons. The van der Waals surface area contributed by atoms with E-state index in [1.54, 1.807) is 0 Å². The van der Waals surface area contributed by atoms with Crippen LogP contribution in [-0.4, -0.2) is 73.7 Å². The van der Waals surface area contributed by atoms with E-state index >= 15 is 0 Å². The van der Waals surface area contributed by atoms with Crippen LogP contribution in [0.15, 0.2) is 0 Å². The molecule has 0 bridgehead atoms. The molecule has 0 aliphatic rings. The molecule has 0 aromatic rings. The number of amides is 3. The zero-order chi connectivity index (χ0) is 26.0. The molecule has 0 unspecified atom stereocenters. The van der Waals surface area contributed by atoms with E-state index in [2.05, 4.69) is 12.2 Å². The monoisotopic (exact) mass is 500 g/mol. The highest BCUT2D eigenvalue weighted by Gasteiger charge is 2.19. The van der Waals surface area contributed by atoms with Crippen molar-refractivity contribution in [1.82, 2.24) is 10.2 Å². The molecule has 0 saturated carbocycles. The zero-order valence-electron chi connectivity index (χ0n) is 21.8. The lowest BCUT2D eigenvalue weighted by Gasteiger charge is -2.17. The van der Waals surface area contributed by atoms with Crippen LogP contribution in [0.3, 0.4) is 0 Å². The highest BCUT2D eigenvalue weighted by molar-refractivity contribution is 5.91. The molecule has 3 amide bonds. The van der Waals surface area contributed by atoms with Crippen molar-refractivity contribution in [2.45, 2.75) is 103 Å². The lowest BCUT2D eigenvalue weighted by molar-refractivity contribution is -0.130. The molecule has 0 aromatic carbocycles. The fourth-order valence-electron chi connectivity index (χ4n) is 3.60. The van der Waals surface area contributed by atoms with Gasteiger partial charge in [-0.3, -0.25) is 9.59 Å². The van der Waals surface area contributed by atoms with Crippen molar-refractivity contribution in [3.05, 3.63) is 0 Å². The maximum absolute atomic E-state index is 12.2. The number of aldehydes is 1. The number of nitrogens with one attached hydrogen (secondary N) is 1. The molecule has 35 heavy (non-hydrogen) atoms. The average molecular weight is 501 g/mol. The first-order valence-corrected chi connectivity index (χ1v) is 13.4. The second kappa shape index (κ2) is 25.1. The van der Waals surface area contributed by atoms with Crippen molar-refractivity contribution in [2.75, 3.05) is 39.5 Å². The topological polar surface area (TPSA) is 122 Å². The van der Waals surface area contributed by atoms with E-state index in [1.807, 2.05) is 0 Å². The summed E-state index contributed by atoms with van der Waals surface area (Å²) in [6.45, 7) is 3.56. The van der Waals surface area contributed by atoms with E-state index in [-0.39, 0.29) is 50.8 Å². The number of carboxylic acid groups (broad SMARTS) is 1. The number of carbonyl (C=O) groups is 4. The number of hydrogen-bond donors (Lipinski definition) is 2. The molecular formula is C26H48N2O7. The summed E-state index contributed by atoms with van der Waals surface area (Å²) in [5.74, 6) is -0.575. The van der Waals surface area contributed by atoms with Crippen LogP contribution in [0.25, 0.3) is 0 Å². The van der Waals surface area contributed by atoms with E-state index in [9.17, 15) is 24.3 Å². The van der Waals surface area contributed by atoms with Crippen molar-refractivity contribution < 1.29 is 33.8 Å². The van der Waals surface area contributed by atoms with Gasteiger partial charge in [-0.25, -0.2) is 9.69 Å². The summed E-state index contributed by atoms with van der Waals surface area (Å²) in [6, 6.07) is 0. The summed E-state index contributed by atoms with van der Waals surface area (Å²) < 4.78 is 10.7. The Morgan fingerprint density at radius 1 is 0.771 bits per heavy atom. The van der Waals surface area contributed by atoms with Gasteiger partial charge >= 0.3 is 6.09 Å². The number of carbonyl (C=O) groups excluding carboxylic acids is 3. The molecule has 0 radical (unpaired) electrons. The van der Waals surface area contributed by atoms with Gasteiger partial charge in [0, 0.05) is 25.8 Å². The molecule has 0 spiro atoms. The second-order valence-electron chi connectivity index (χ2n) is 8.75. The fourth-order valence-corrected chi connectivity index (χ4v) is 3.60. The first-order valence-electron chi connectivity index (χ1n) is 13.4.